The van der Waals surface area contributed by atoms with E-state index in [9.17, 15) is 24.5 Å². The quantitative estimate of drug-likeness (QED) is 0.241. The van der Waals surface area contributed by atoms with Gasteiger partial charge in [-0.3, -0.25) is 0 Å². The summed E-state index contributed by atoms with van der Waals surface area (Å²) in [7, 11) is -0.127. The Bertz CT molecular complexity index is 1300. The SMILES string of the molecule is COC(=O)/C=C/[C@]1(C)C[C@@H](OC(=O)COc2ccc3c(c2F)B(O)OC3)[C@]2(C)[C@H](C)CC[C@](CCC(C)=O)([C@@H](C)[C@@H]1O)[C@@H]2C. The summed E-state index contributed by atoms with van der Waals surface area (Å²) in [5, 5.41) is 22.0. The number of esters is 2. The van der Waals surface area contributed by atoms with Gasteiger partial charge in [-0.05, 0) is 67.4 Å². The van der Waals surface area contributed by atoms with E-state index < -0.39 is 59.9 Å². The number of halogens is 1. The van der Waals surface area contributed by atoms with Crippen molar-refractivity contribution in [1.29, 1.82) is 0 Å². The molecule has 1 aliphatic heterocycles. The third-order valence-electron chi connectivity index (χ3n) is 11.5. The minimum absolute atomic E-state index is 0.00794. The normalized spacial score (nSPS) is 35.0. The lowest BCUT2D eigenvalue weighted by atomic mass is 9.42. The van der Waals surface area contributed by atoms with Gasteiger partial charge >= 0.3 is 19.1 Å². The van der Waals surface area contributed by atoms with Crippen LogP contribution in [0.25, 0.3) is 0 Å². The van der Waals surface area contributed by atoms with Crippen LogP contribution in [0.15, 0.2) is 24.3 Å². The van der Waals surface area contributed by atoms with Gasteiger partial charge in [-0.25, -0.2) is 14.0 Å². The van der Waals surface area contributed by atoms with E-state index in [4.69, 9.17) is 18.9 Å². The van der Waals surface area contributed by atoms with E-state index in [0.717, 1.165) is 12.8 Å². The summed E-state index contributed by atoms with van der Waals surface area (Å²) in [5.41, 5.74) is -1.51. The highest BCUT2D eigenvalue weighted by Gasteiger charge is 2.62. The molecule has 1 aromatic carbocycles. The average molecular weight is 617 g/mol. The van der Waals surface area contributed by atoms with Crippen molar-refractivity contribution in [3.63, 3.8) is 0 Å². The van der Waals surface area contributed by atoms with Crippen molar-refractivity contribution in [3.05, 3.63) is 35.7 Å². The van der Waals surface area contributed by atoms with Crippen molar-refractivity contribution < 1.29 is 47.8 Å². The molecule has 0 unspecified atom stereocenters. The number of ether oxygens (including phenoxy) is 3. The zero-order valence-electron chi connectivity index (χ0n) is 26.9. The van der Waals surface area contributed by atoms with Gasteiger partial charge in [-0.1, -0.05) is 46.8 Å². The highest BCUT2D eigenvalue weighted by Crippen LogP contribution is 2.65. The van der Waals surface area contributed by atoms with Gasteiger partial charge in [0.2, 0.25) is 0 Å². The number of methoxy groups -OCH3 is 1. The molecule has 0 amide bonds. The van der Waals surface area contributed by atoms with Crippen LogP contribution in [0.3, 0.4) is 0 Å². The molecule has 8 atom stereocenters. The van der Waals surface area contributed by atoms with Crippen molar-refractivity contribution >= 4 is 30.3 Å². The van der Waals surface area contributed by atoms with Gasteiger partial charge in [0.25, 0.3) is 0 Å². The molecule has 11 heteroatoms. The van der Waals surface area contributed by atoms with Crippen molar-refractivity contribution in [2.45, 2.75) is 92.5 Å². The van der Waals surface area contributed by atoms with E-state index in [1.165, 1.54) is 19.3 Å². The lowest BCUT2D eigenvalue weighted by molar-refractivity contribution is -0.213. The van der Waals surface area contributed by atoms with Crippen molar-refractivity contribution in [3.8, 4) is 5.75 Å². The Balaban J connectivity index is 1.70. The predicted molar refractivity (Wildman–Crippen MR) is 161 cm³/mol. The third-order valence-corrected chi connectivity index (χ3v) is 11.5. The summed E-state index contributed by atoms with van der Waals surface area (Å²) in [6.07, 6.45) is 4.07. The Morgan fingerprint density at radius 2 is 1.91 bits per heavy atom. The number of Topliss-reactive ketones (excluding diaryl/α,β-unsaturated/α-hetero) is 1. The molecule has 2 N–H and O–H groups in total. The number of rotatable bonds is 9. The first-order valence-corrected chi connectivity index (χ1v) is 15.5. The maximum atomic E-state index is 15.1. The van der Waals surface area contributed by atoms with E-state index in [0.29, 0.717) is 18.4 Å². The number of aliphatic hydroxyl groups excluding tert-OH is 1. The number of carbonyl (C=O) groups excluding carboxylic acids is 3. The number of hydrogen-bond acceptors (Lipinski definition) is 9. The van der Waals surface area contributed by atoms with Crippen LogP contribution in [0.4, 0.5) is 4.39 Å². The van der Waals surface area contributed by atoms with E-state index in [-0.39, 0.29) is 47.8 Å². The highest BCUT2D eigenvalue weighted by atomic mass is 19.1. The fraction of sp³-hybridized carbons (Fsp3) is 0.667. The van der Waals surface area contributed by atoms with Gasteiger partial charge in [0, 0.05) is 28.8 Å². The molecule has 2 aliphatic carbocycles. The number of aliphatic hydroxyl groups is 1. The summed E-state index contributed by atoms with van der Waals surface area (Å²) in [6.45, 7) is 11.3. The topological polar surface area (TPSA) is 129 Å². The number of benzene rings is 1. The van der Waals surface area contributed by atoms with Crippen LogP contribution in [0.5, 0.6) is 5.75 Å². The molecule has 1 aromatic rings. The van der Waals surface area contributed by atoms with Gasteiger partial charge < -0.3 is 33.8 Å². The summed E-state index contributed by atoms with van der Waals surface area (Å²) in [4.78, 5) is 37.8. The molecular weight excluding hydrogens is 570 g/mol. The van der Waals surface area contributed by atoms with Gasteiger partial charge in [0.15, 0.2) is 18.2 Å². The molecule has 3 aliphatic rings. The predicted octanol–water partition coefficient (Wildman–Crippen LogP) is 3.90. The minimum atomic E-state index is -1.41. The highest BCUT2D eigenvalue weighted by molar-refractivity contribution is 6.61. The fourth-order valence-corrected chi connectivity index (χ4v) is 8.24. The van der Waals surface area contributed by atoms with E-state index in [2.05, 4.69) is 20.8 Å². The Labute approximate surface area is 259 Å². The van der Waals surface area contributed by atoms with Crippen LogP contribution in [0.2, 0.25) is 0 Å². The number of hydrogen-bond donors (Lipinski definition) is 2. The smallest absolute Gasteiger partial charge is 0.479 e. The molecule has 0 spiro atoms. The molecule has 9 nitrogen and oxygen atoms in total. The van der Waals surface area contributed by atoms with Crippen LogP contribution in [-0.2, 0) is 35.1 Å². The molecule has 2 bridgehead atoms. The minimum Gasteiger partial charge on any atom is -0.479 e. The second-order valence-corrected chi connectivity index (χ2v) is 13.6. The fourth-order valence-electron chi connectivity index (χ4n) is 8.24. The molecule has 0 aromatic heterocycles. The standard InChI is InChI=1S/C33H46BFO9/c1-19-10-14-33(15-11-20(2)36)21(3)30(39)31(5,13-12-26(37)41-7)16-25(32(19,6)22(33)4)44-27(38)18-42-24-9-8-23-17-43-34(40)28(23)29(24)35/h8-9,12-13,19,21-22,25,30,39-40H,10-11,14-18H2,1-7H3/b13-12+/t19-,21+,22-,25-,30+,31-,32-,33+/m1/s1. The van der Waals surface area contributed by atoms with Crippen LogP contribution in [0, 0.1) is 39.8 Å². The van der Waals surface area contributed by atoms with Gasteiger partial charge in [-0.2, -0.15) is 0 Å². The number of fused-ring (bicyclic) bond motifs is 3. The number of ketones is 1. The van der Waals surface area contributed by atoms with E-state index in [1.807, 2.05) is 13.8 Å². The molecule has 4 rings (SSSR count). The summed E-state index contributed by atoms with van der Waals surface area (Å²) in [5.74, 6) is -2.37. The first-order chi connectivity index (χ1) is 20.6. The van der Waals surface area contributed by atoms with Crippen LogP contribution < -0.4 is 10.2 Å². The largest absolute Gasteiger partial charge is 0.494 e. The lowest BCUT2D eigenvalue weighted by Crippen LogP contribution is -2.62. The second-order valence-electron chi connectivity index (χ2n) is 13.6. The van der Waals surface area contributed by atoms with E-state index >= 15 is 4.39 Å². The van der Waals surface area contributed by atoms with Crippen LogP contribution in [-0.4, -0.2) is 60.9 Å². The maximum absolute atomic E-state index is 15.1. The zero-order chi connectivity index (χ0) is 32.6. The molecule has 0 saturated heterocycles. The lowest BCUT2D eigenvalue weighted by Gasteiger charge is -2.64. The van der Waals surface area contributed by atoms with Gasteiger partial charge in [0.1, 0.15) is 11.9 Å². The Hall–Kier alpha value is -2.76. The Morgan fingerprint density at radius 3 is 2.57 bits per heavy atom. The van der Waals surface area contributed by atoms with Gasteiger partial charge in [0.05, 0.1) is 19.8 Å². The monoisotopic (exact) mass is 616 g/mol. The van der Waals surface area contributed by atoms with Gasteiger partial charge in [-0.15, -0.1) is 0 Å². The first-order valence-electron chi connectivity index (χ1n) is 15.5. The van der Waals surface area contributed by atoms with Crippen molar-refractivity contribution in [2.24, 2.45) is 34.0 Å². The second kappa shape index (κ2) is 12.9. The van der Waals surface area contributed by atoms with Crippen molar-refractivity contribution in [1.82, 2.24) is 0 Å². The zero-order valence-corrected chi connectivity index (χ0v) is 26.9. The van der Waals surface area contributed by atoms with Crippen LogP contribution in [0.1, 0.15) is 79.2 Å². The molecule has 2 fully saturated rings. The number of carbonyl (C=O) groups is 3. The first kappa shape index (κ1) is 34.1. The molecule has 0 radical (unpaired) electrons. The average Bonchev–Trinajstić information content (AvgIpc) is 3.37. The van der Waals surface area contributed by atoms with Crippen LogP contribution >= 0.6 is 0 Å². The third kappa shape index (κ3) is 6.07. The molecule has 242 valence electrons. The summed E-state index contributed by atoms with van der Waals surface area (Å²) in [6, 6.07) is 2.97. The molecule has 44 heavy (non-hydrogen) atoms. The summed E-state index contributed by atoms with van der Waals surface area (Å²) >= 11 is 0. The molecule has 2 saturated carbocycles. The molecular formula is C33H46BFO9. The summed E-state index contributed by atoms with van der Waals surface area (Å²) < 4.78 is 36.8. The maximum Gasteiger partial charge on any atom is 0.494 e. The Kier molecular flexibility index (Phi) is 10.0. The van der Waals surface area contributed by atoms with E-state index in [1.54, 1.807) is 19.1 Å². The molecule has 1 heterocycles. The Morgan fingerprint density at radius 1 is 1.20 bits per heavy atom. The van der Waals surface area contributed by atoms with Crippen molar-refractivity contribution in [2.75, 3.05) is 13.7 Å².